The molecule has 5 nitrogen and oxygen atoms in total. The average Bonchev–Trinajstić information content (AvgIpc) is 2.90. The first kappa shape index (κ1) is 14.5. The van der Waals surface area contributed by atoms with E-state index in [2.05, 4.69) is 9.97 Å². The summed E-state index contributed by atoms with van der Waals surface area (Å²) >= 11 is 0. The van der Waals surface area contributed by atoms with E-state index in [0.717, 1.165) is 6.20 Å². The lowest BCUT2D eigenvalue weighted by Gasteiger charge is -2.35. The van der Waals surface area contributed by atoms with E-state index in [1.165, 1.54) is 6.07 Å². The first-order valence-corrected chi connectivity index (χ1v) is 6.82. The van der Waals surface area contributed by atoms with Gasteiger partial charge in [-0.15, -0.1) is 0 Å². The maximum absolute atomic E-state index is 12.5. The maximum Gasteiger partial charge on any atom is 0.451 e. The van der Waals surface area contributed by atoms with E-state index in [1.54, 1.807) is 0 Å². The van der Waals surface area contributed by atoms with Crippen molar-refractivity contribution in [3.63, 3.8) is 0 Å². The Bertz CT molecular complexity index is 494. The van der Waals surface area contributed by atoms with Gasteiger partial charge < -0.3 is 14.2 Å². The van der Waals surface area contributed by atoms with Crippen LogP contribution >= 0.6 is 0 Å². The van der Waals surface area contributed by atoms with Gasteiger partial charge in [-0.05, 0) is 12.8 Å². The van der Waals surface area contributed by atoms with Crippen LogP contribution in [-0.4, -0.2) is 35.1 Å². The predicted octanol–water partition coefficient (Wildman–Crippen LogP) is 2.56. The van der Waals surface area contributed by atoms with Crippen molar-refractivity contribution < 1.29 is 27.4 Å². The molecule has 1 aliphatic carbocycles. The molecule has 3 rings (SSSR count). The fourth-order valence-electron chi connectivity index (χ4n) is 2.65. The summed E-state index contributed by atoms with van der Waals surface area (Å²) in [6, 6.07) is 1.34. The zero-order valence-corrected chi connectivity index (χ0v) is 11.2. The van der Waals surface area contributed by atoms with Gasteiger partial charge in [0.1, 0.15) is 6.10 Å². The summed E-state index contributed by atoms with van der Waals surface area (Å²) < 4.78 is 54.3. The third-order valence-corrected chi connectivity index (χ3v) is 3.68. The molecule has 21 heavy (non-hydrogen) atoms. The van der Waals surface area contributed by atoms with Crippen molar-refractivity contribution in [2.24, 2.45) is 0 Å². The second-order valence-corrected chi connectivity index (χ2v) is 5.14. The minimum atomic E-state index is -4.57. The Morgan fingerprint density at radius 2 is 1.86 bits per heavy atom. The number of halogens is 3. The van der Waals surface area contributed by atoms with Crippen LogP contribution in [0.2, 0.25) is 0 Å². The first-order chi connectivity index (χ1) is 9.97. The van der Waals surface area contributed by atoms with Gasteiger partial charge in [0, 0.05) is 25.1 Å². The molecule has 2 aliphatic rings. The smallest absolute Gasteiger partial charge is 0.451 e. The summed E-state index contributed by atoms with van der Waals surface area (Å²) in [6.07, 6.45) is -1.03. The molecule has 0 N–H and O–H groups in total. The molecular formula is C13H15F3N2O3. The molecular weight excluding hydrogens is 289 g/mol. The van der Waals surface area contributed by atoms with E-state index in [4.69, 9.17) is 14.2 Å². The zero-order chi connectivity index (χ0) is 14.9. The maximum atomic E-state index is 12.5. The van der Waals surface area contributed by atoms with E-state index in [-0.39, 0.29) is 12.0 Å². The molecule has 1 saturated heterocycles. The van der Waals surface area contributed by atoms with E-state index in [1.807, 2.05) is 0 Å². The summed E-state index contributed by atoms with van der Waals surface area (Å²) in [5.41, 5.74) is 0. The molecule has 0 atom stereocenters. The van der Waals surface area contributed by atoms with Gasteiger partial charge in [-0.3, -0.25) is 0 Å². The molecule has 2 fully saturated rings. The molecule has 1 spiro atoms. The third-order valence-electron chi connectivity index (χ3n) is 3.68. The van der Waals surface area contributed by atoms with Crippen LogP contribution < -0.4 is 4.74 Å². The van der Waals surface area contributed by atoms with Crippen LogP contribution in [0, 0.1) is 0 Å². The standard InChI is InChI=1S/C13H15F3N2O3/c14-13(15,16)11-17-6-3-10(18-11)21-9-1-4-12(5-2-9)19-7-8-20-12/h3,6,9H,1-2,4-5,7-8H2. The summed E-state index contributed by atoms with van der Waals surface area (Å²) in [5.74, 6) is -1.75. The lowest BCUT2D eigenvalue weighted by atomic mass is 9.92. The Hall–Kier alpha value is -1.41. The van der Waals surface area contributed by atoms with Crippen molar-refractivity contribution in [2.45, 2.75) is 43.8 Å². The number of hydrogen-bond donors (Lipinski definition) is 0. The second kappa shape index (κ2) is 5.42. The van der Waals surface area contributed by atoms with Crippen LogP contribution in [-0.2, 0) is 15.7 Å². The van der Waals surface area contributed by atoms with Crippen molar-refractivity contribution in [1.29, 1.82) is 0 Å². The molecule has 116 valence electrons. The Balaban J connectivity index is 1.60. The molecule has 1 aliphatic heterocycles. The van der Waals surface area contributed by atoms with Crippen LogP contribution in [0.5, 0.6) is 5.88 Å². The van der Waals surface area contributed by atoms with Gasteiger partial charge in [0.2, 0.25) is 11.7 Å². The van der Waals surface area contributed by atoms with Gasteiger partial charge in [-0.2, -0.15) is 18.2 Å². The van der Waals surface area contributed by atoms with Gasteiger partial charge in [-0.1, -0.05) is 0 Å². The van der Waals surface area contributed by atoms with Crippen molar-refractivity contribution in [1.82, 2.24) is 9.97 Å². The van der Waals surface area contributed by atoms with Gasteiger partial charge in [-0.25, -0.2) is 4.98 Å². The largest absolute Gasteiger partial charge is 0.474 e. The molecule has 0 bridgehead atoms. The van der Waals surface area contributed by atoms with Crippen LogP contribution in [0.3, 0.4) is 0 Å². The average molecular weight is 304 g/mol. The summed E-state index contributed by atoms with van der Waals surface area (Å²) in [4.78, 5) is 6.61. The molecule has 1 aromatic rings. The third kappa shape index (κ3) is 3.26. The van der Waals surface area contributed by atoms with Gasteiger partial charge in [0.05, 0.1) is 13.2 Å². The Kier molecular flexibility index (Phi) is 3.75. The number of ether oxygens (including phenoxy) is 3. The predicted molar refractivity (Wildman–Crippen MR) is 64.6 cm³/mol. The SMILES string of the molecule is FC(F)(F)c1nccc(OC2CCC3(CC2)OCCO3)n1. The Morgan fingerprint density at radius 3 is 2.48 bits per heavy atom. The van der Waals surface area contributed by atoms with Gasteiger partial charge >= 0.3 is 6.18 Å². The number of aromatic nitrogens is 2. The van der Waals surface area contributed by atoms with E-state index in [0.29, 0.717) is 38.9 Å². The van der Waals surface area contributed by atoms with E-state index < -0.39 is 17.8 Å². The molecule has 8 heteroatoms. The molecule has 0 amide bonds. The van der Waals surface area contributed by atoms with Crippen LogP contribution in [0.15, 0.2) is 12.3 Å². The molecule has 1 aromatic heterocycles. The van der Waals surface area contributed by atoms with Crippen LogP contribution in [0.4, 0.5) is 13.2 Å². The normalized spacial score (nSPS) is 22.6. The van der Waals surface area contributed by atoms with Crippen molar-refractivity contribution in [3.8, 4) is 5.88 Å². The molecule has 1 saturated carbocycles. The topological polar surface area (TPSA) is 53.5 Å². The fraction of sp³-hybridized carbons (Fsp3) is 0.692. The summed E-state index contributed by atoms with van der Waals surface area (Å²) in [7, 11) is 0. The molecule has 0 radical (unpaired) electrons. The zero-order valence-electron chi connectivity index (χ0n) is 11.2. The Morgan fingerprint density at radius 1 is 1.19 bits per heavy atom. The lowest BCUT2D eigenvalue weighted by Crippen LogP contribution is -2.38. The second-order valence-electron chi connectivity index (χ2n) is 5.14. The molecule has 0 unspecified atom stereocenters. The number of alkyl halides is 3. The number of rotatable bonds is 2. The Labute approximate surface area is 119 Å². The van der Waals surface area contributed by atoms with Crippen molar-refractivity contribution >= 4 is 0 Å². The number of nitrogens with zero attached hydrogens (tertiary/aromatic N) is 2. The quantitative estimate of drug-likeness (QED) is 0.840. The minimum Gasteiger partial charge on any atom is -0.474 e. The fourth-order valence-corrected chi connectivity index (χ4v) is 2.65. The van der Waals surface area contributed by atoms with Crippen LogP contribution in [0.1, 0.15) is 31.5 Å². The molecule has 0 aromatic carbocycles. The lowest BCUT2D eigenvalue weighted by molar-refractivity contribution is -0.186. The highest BCUT2D eigenvalue weighted by Crippen LogP contribution is 2.37. The monoisotopic (exact) mass is 304 g/mol. The van der Waals surface area contributed by atoms with Crippen molar-refractivity contribution in [3.05, 3.63) is 18.1 Å². The van der Waals surface area contributed by atoms with Gasteiger partial charge in [0.15, 0.2) is 5.79 Å². The minimum absolute atomic E-state index is 0.0495. The highest BCUT2D eigenvalue weighted by Gasteiger charge is 2.41. The summed E-state index contributed by atoms with van der Waals surface area (Å²) in [6.45, 7) is 1.18. The number of hydrogen-bond acceptors (Lipinski definition) is 5. The van der Waals surface area contributed by atoms with Crippen LogP contribution in [0.25, 0.3) is 0 Å². The van der Waals surface area contributed by atoms with E-state index >= 15 is 0 Å². The van der Waals surface area contributed by atoms with E-state index in [9.17, 15) is 13.2 Å². The summed E-state index contributed by atoms with van der Waals surface area (Å²) in [5, 5.41) is 0. The highest BCUT2D eigenvalue weighted by atomic mass is 19.4. The van der Waals surface area contributed by atoms with Gasteiger partial charge in [0.25, 0.3) is 0 Å². The highest BCUT2D eigenvalue weighted by molar-refractivity contribution is 5.10. The van der Waals surface area contributed by atoms with Crippen molar-refractivity contribution in [2.75, 3.05) is 13.2 Å². The molecule has 2 heterocycles. The first-order valence-electron chi connectivity index (χ1n) is 6.82.